The van der Waals surface area contributed by atoms with E-state index in [4.69, 9.17) is 16.0 Å². The number of nitrogens with zero attached hydrogens (tertiary/aromatic N) is 3. The van der Waals surface area contributed by atoms with E-state index in [0.29, 0.717) is 10.6 Å². The molecule has 3 heterocycles. The lowest BCUT2D eigenvalue weighted by molar-refractivity contribution is -0.134. The lowest BCUT2D eigenvalue weighted by Crippen LogP contribution is -2.52. The Labute approximate surface area is 172 Å². The summed E-state index contributed by atoms with van der Waals surface area (Å²) >= 11 is 5.87. The SMILES string of the molecule is O=C1NC(=O)C2(N1)C(=O)N(Cc1nnc(-c3ccc(Cl)cc3)o1)c1ccc(F)cc12. The standard InChI is InChI=1S/C19H11ClFN5O4/c20-10-3-1-9(2-4-10)15-25-24-14(30-15)8-26-13-6-5-11(21)7-12(13)19(17(26)28)16(27)22-18(29)23-19/h1-7H,8H2,(H2,22,23,27,29). The number of halogens is 2. The largest absolute Gasteiger partial charge is 0.419 e. The van der Waals surface area contributed by atoms with Crippen LogP contribution < -0.4 is 15.5 Å². The van der Waals surface area contributed by atoms with Gasteiger partial charge in [-0.3, -0.25) is 19.8 Å². The minimum Gasteiger partial charge on any atom is -0.419 e. The predicted molar refractivity (Wildman–Crippen MR) is 101 cm³/mol. The summed E-state index contributed by atoms with van der Waals surface area (Å²) < 4.78 is 19.5. The van der Waals surface area contributed by atoms with Crippen molar-refractivity contribution >= 4 is 35.1 Å². The van der Waals surface area contributed by atoms with Gasteiger partial charge in [0.25, 0.3) is 11.8 Å². The van der Waals surface area contributed by atoms with Crippen molar-refractivity contribution in [1.82, 2.24) is 20.8 Å². The molecule has 1 unspecified atom stereocenters. The van der Waals surface area contributed by atoms with Gasteiger partial charge in [-0.15, -0.1) is 10.2 Å². The smallest absolute Gasteiger partial charge is 0.323 e. The Bertz CT molecular complexity index is 1230. The van der Waals surface area contributed by atoms with Gasteiger partial charge in [0.1, 0.15) is 12.4 Å². The monoisotopic (exact) mass is 427 g/mol. The summed E-state index contributed by atoms with van der Waals surface area (Å²) in [6, 6.07) is 9.45. The van der Waals surface area contributed by atoms with Gasteiger partial charge in [0.2, 0.25) is 17.3 Å². The number of amides is 4. The molecule has 2 aliphatic rings. The predicted octanol–water partition coefficient (Wildman–Crippen LogP) is 2.11. The van der Waals surface area contributed by atoms with Crippen LogP contribution in [0, 0.1) is 5.82 Å². The molecule has 9 nitrogen and oxygen atoms in total. The highest BCUT2D eigenvalue weighted by molar-refractivity contribution is 6.30. The molecule has 0 aliphatic carbocycles. The first-order valence-electron chi connectivity index (χ1n) is 8.72. The van der Waals surface area contributed by atoms with E-state index in [1.165, 1.54) is 11.0 Å². The summed E-state index contributed by atoms with van der Waals surface area (Å²) in [5.41, 5.74) is -1.11. The van der Waals surface area contributed by atoms with E-state index >= 15 is 0 Å². The van der Waals surface area contributed by atoms with Crippen molar-refractivity contribution in [2.75, 3.05) is 4.90 Å². The maximum absolute atomic E-state index is 13.9. The molecule has 1 saturated heterocycles. The summed E-state index contributed by atoms with van der Waals surface area (Å²) in [7, 11) is 0. The van der Waals surface area contributed by atoms with E-state index in [2.05, 4.69) is 15.5 Å². The molecule has 2 N–H and O–H groups in total. The van der Waals surface area contributed by atoms with E-state index in [-0.39, 0.29) is 29.6 Å². The van der Waals surface area contributed by atoms with Gasteiger partial charge in [-0.05, 0) is 42.5 Å². The Morgan fingerprint density at radius 1 is 1.10 bits per heavy atom. The van der Waals surface area contributed by atoms with E-state index in [1.807, 2.05) is 5.32 Å². The maximum Gasteiger partial charge on any atom is 0.323 e. The number of hydrogen-bond acceptors (Lipinski definition) is 6. The van der Waals surface area contributed by atoms with Gasteiger partial charge in [-0.25, -0.2) is 9.18 Å². The number of nitrogens with one attached hydrogen (secondary N) is 2. The molecule has 150 valence electrons. The molecule has 0 saturated carbocycles. The molecule has 5 rings (SSSR count). The number of benzene rings is 2. The molecule has 2 aromatic carbocycles. The summed E-state index contributed by atoms with van der Waals surface area (Å²) in [6.07, 6.45) is 0. The van der Waals surface area contributed by atoms with Crippen LogP contribution in [0.4, 0.5) is 14.9 Å². The van der Waals surface area contributed by atoms with Crippen molar-refractivity contribution in [3.05, 3.63) is 64.8 Å². The van der Waals surface area contributed by atoms with Crippen LogP contribution in [0.5, 0.6) is 0 Å². The molecule has 1 fully saturated rings. The zero-order chi connectivity index (χ0) is 21.0. The topological polar surface area (TPSA) is 117 Å². The highest BCUT2D eigenvalue weighted by atomic mass is 35.5. The van der Waals surface area contributed by atoms with Crippen molar-refractivity contribution in [3.63, 3.8) is 0 Å². The molecular formula is C19H11ClFN5O4. The van der Waals surface area contributed by atoms with Crippen LogP contribution in [0.15, 0.2) is 46.9 Å². The zero-order valence-electron chi connectivity index (χ0n) is 15.0. The number of rotatable bonds is 3. The number of urea groups is 1. The maximum atomic E-state index is 13.9. The molecule has 30 heavy (non-hydrogen) atoms. The highest BCUT2D eigenvalue weighted by Crippen LogP contribution is 2.43. The van der Waals surface area contributed by atoms with Gasteiger partial charge in [-0.2, -0.15) is 0 Å². The van der Waals surface area contributed by atoms with Crippen molar-refractivity contribution in [2.45, 2.75) is 12.1 Å². The summed E-state index contributed by atoms with van der Waals surface area (Å²) in [6.45, 7) is -0.178. The average Bonchev–Trinajstić information content (AvgIpc) is 3.36. The van der Waals surface area contributed by atoms with Crippen molar-refractivity contribution < 1.29 is 23.2 Å². The second kappa shape index (κ2) is 6.36. The lowest BCUT2D eigenvalue weighted by atomic mass is 9.91. The first-order chi connectivity index (χ1) is 14.4. The molecule has 1 aromatic heterocycles. The fourth-order valence-electron chi connectivity index (χ4n) is 3.59. The van der Waals surface area contributed by atoms with Crippen LogP contribution in [0.1, 0.15) is 11.5 Å². The molecule has 2 aliphatic heterocycles. The van der Waals surface area contributed by atoms with Gasteiger partial charge in [0, 0.05) is 16.1 Å². The summed E-state index contributed by atoms with van der Waals surface area (Å²) in [5.74, 6) is -1.98. The third kappa shape index (κ3) is 2.57. The Morgan fingerprint density at radius 3 is 2.57 bits per heavy atom. The molecule has 1 atom stereocenters. The number of anilines is 1. The first kappa shape index (κ1) is 18.3. The number of aromatic nitrogens is 2. The van der Waals surface area contributed by atoms with Crippen LogP contribution in [0.25, 0.3) is 11.5 Å². The summed E-state index contributed by atoms with van der Waals surface area (Å²) in [4.78, 5) is 38.6. The molecule has 4 amide bonds. The van der Waals surface area contributed by atoms with Crippen molar-refractivity contribution in [1.29, 1.82) is 0 Å². The number of fused-ring (bicyclic) bond motifs is 2. The zero-order valence-corrected chi connectivity index (χ0v) is 15.7. The van der Waals surface area contributed by atoms with Crippen LogP contribution in [-0.4, -0.2) is 28.0 Å². The molecule has 0 bridgehead atoms. The fourth-order valence-corrected chi connectivity index (χ4v) is 3.71. The van der Waals surface area contributed by atoms with Crippen LogP contribution in [0.2, 0.25) is 5.02 Å². The van der Waals surface area contributed by atoms with Crippen molar-refractivity contribution in [2.24, 2.45) is 0 Å². The van der Waals surface area contributed by atoms with Gasteiger partial charge in [0.05, 0.1) is 5.69 Å². The average molecular weight is 428 g/mol. The quantitative estimate of drug-likeness (QED) is 0.488. The third-order valence-corrected chi connectivity index (χ3v) is 5.19. The highest BCUT2D eigenvalue weighted by Gasteiger charge is 2.61. The van der Waals surface area contributed by atoms with Gasteiger partial charge in [-0.1, -0.05) is 11.6 Å². The fraction of sp³-hybridized carbons (Fsp3) is 0.105. The Kier molecular flexibility index (Phi) is 3.87. The Morgan fingerprint density at radius 2 is 1.87 bits per heavy atom. The number of hydrogen-bond donors (Lipinski definition) is 2. The number of imide groups is 1. The number of carbonyl (C=O) groups excluding carboxylic acids is 3. The molecule has 3 aromatic rings. The van der Waals surface area contributed by atoms with Gasteiger partial charge in [0.15, 0.2) is 0 Å². The van der Waals surface area contributed by atoms with E-state index in [9.17, 15) is 18.8 Å². The summed E-state index contributed by atoms with van der Waals surface area (Å²) in [5, 5.41) is 12.8. The molecular weight excluding hydrogens is 417 g/mol. The Hall–Kier alpha value is -3.79. The van der Waals surface area contributed by atoms with E-state index in [0.717, 1.165) is 12.1 Å². The number of carbonyl (C=O) groups is 3. The van der Waals surface area contributed by atoms with Gasteiger partial charge < -0.3 is 9.73 Å². The normalized spacial score (nSPS) is 19.9. The molecule has 11 heteroatoms. The Balaban J connectivity index is 1.52. The van der Waals surface area contributed by atoms with E-state index in [1.54, 1.807) is 24.3 Å². The minimum atomic E-state index is -2.03. The van der Waals surface area contributed by atoms with Crippen LogP contribution >= 0.6 is 11.6 Å². The van der Waals surface area contributed by atoms with Gasteiger partial charge >= 0.3 is 6.03 Å². The molecule has 0 radical (unpaired) electrons. The lowest BCUT2D eigenvalue weighted by Gasteiger charge is -2.20. The minimum absolute atomic E-state index is 0.0355. The van der Waals surface area contributed by atoms with E-state index < -0.39 is 29.2 Å². The first-order valence-corrected chi connectivity index (χ1v) is 9.10. The van der Waals surface area contributed by atoms with Crippen molar-refractivity contribution in [3.8, 4) is 11.5 Å². The third-order valence-electron chi connectivity index (χ3n) is 4.94. The second-order valence-corrected chi connectivity index (χ2v) is 7.16. The second-order valence-electron chi connectivity index (χ2n) is 6.72. The molecule has 1 spiro atoms. The van der Waals surface area contributed by atoms with Crippen LogP contribution in [0.3, 0.4) is 0 Å². The van der Waals surface area contributed by atoms with Crippen LogP contribution in [-0.2, 0) is 21.7 Å².